The van der Waals surface area contributed by atoms with Gasteiger partial charge in [-0.15, -0.1) is 0 Å². The first-order valence-corrected chi connectivity index (χ1v) is 50.1. The molecule has 0 bridgehead atoms. The van der Waals surface area contributed by atoms with Crippen LogP contribution in [0.2, 0.25) is 0 Å². The smallest absolute Gasteiger partial charge is 0.207 e. The molecule has 10 nitrogen and oxygen atoms in total. The number of hydrogen-bond donors (Lipinski definition) is 0. The molecule has 4 heterocycles. The third-order valence-corrected chi connectivity index (χ3v) is 45.4. The van der Waals surface area contributed by atoms with Gasteiger partial charge in [-0.25, -0.2) is 0 Å². The zero-order chi connectivity index (χ0) is 64.5. The predicted octanol–water partition coefficient (Wildman–Crippen LogP) is 22.9. The first kappa shape index (κ1) is 70.0. The second kappa shape index (κ2) is 29.9. The van der Waals surface area contributed by atoms with E-state index in [0.29, 0.717) is 83.8 Å². The lowest BCUT2D eigenvalue weighted by Gasteiger charge is -2.57. The van der Waals surface area contributed by atoms with E-state index in [1.807, 2.05) is 0 Å². The molecule has 12 saturated carbocycles. The van der Waals surface area contributed by atoms with Gasteiger partial charge in [0.25, 0.3) is 0 Å². The maximum Gasteiger partial charge on any atom is 0.207 e. The molecule has 16 fully saturated rings. The molecule has 0 aromatic carbocycles. The Morgan fingerprint density at radius 1 is 0.284 bits per heavy atom. The molecule has 0 spiro atoms. The molecule has 0 aromatic heterocycles. The number of rotatable bonds is 16. The van der Waals surface area contributed by atoms with Crippen molar-refractivity contribution in [1.29, 1.82) is 0 Å². The van der Waals surface area contributed by atoms with Crippen LogP contribution in [0.15, 0.2) is 0 Å². The molecule has 0 aromatic rings. The fraction of sp³-hybridized carbons (Fsp3) is 1.00. The molecular formula is C81H136O10P4. The number of hydrogen-bond acceptors (Lipinski definition) is 10. The van der Waals surface area contributed by atoms with Crippen LogP contribution in [0.3, 0.4) is 0 Å². The normalized spacial score (nSPS) is 50.8. The highest BCUT2D eigenvalue weighted by atomic mass is 31.2. The van der Waals surface area contributed by atoms with Gasteiger partial charge in [0.05, 0.1) is 36.6 Å². The summed E-state index contributed by atoms with van der Waals surface area (Å²) in [6.45, 7) is 6.80. The molecule has 0 N–H and O–H groups in total. The van der Waals surface area contributed by atoms with Crippen LogP contribution in [0.25, 0.3) is 0 Å². The van der Waals surface area contributed by atoms with E-state index in [0.717, 1.165) is 116 Å². The summed E-state index contributed by atoms with van der Waals surface area (Å²) in [4.78, 5) is 0. The molecule has 16 aliphatic rings. The van der Waals surface area contributed by atoms with Crippen LogP contribution >= 0.6 is 29.5 Å². The molecule has 16 rings (SSSR count). The quantitative estimate of drug-likeness (QED) is 0.138. The van der Waals surface area contributed by atoms with Crippen LogP contribution < -0.4 is 0 Å². The van der Waals surface area contributed by atoms with E-state index >= 15 is 18.3 Å². The van der Waals surface area contributed by atoms with Crippen LogP contribution in [0.5, 0.6) is 0 Å². The van der Waals surface area contributed by atoms with Crippen molar-refractivity contribution in [1.82, 2.24) is 0 Å². The summed E-state index contributed by atoms with van der Waals surface area (Å²) in [6, 6.07) is 0. The fourth-order valence-corrected chi connectivity index (χ4v) is 42.8. The van der Waals surface area contributed by atoms with Crippen LogP contribution in [0.4, 0.5) is 0 Å². The molecule has 24 atom stereocenters. The van der Waals surface area contributed by atoms with Gasteiger partial charge >= 0.3 is 0 Å². The maximum atomic E-state index is 17.0. The van der Waals surface area contributed by atoms with E-state index in [1.54, 1.807) is 0 Å². The first-order chi connectivity index (χ1) is 46.2. The van der Waals surface area contributed by atoms with Crippen LogP contribution in [0, 0.1) is 100 Å². The maximum absolute atomic E-state index is 17.0. The van der Waals surface area contributed by atoms with Gasteiger partial charge < -0.3 is 27.6 Å². The van der Waals surface area contributed by atoms with E-state index < -0.39 is 29.5 Å². The second-order valence-corrected chi connectivity index (χ2v) is 48.6. The van der Waals surface area contributed by atoms with Gasteiger partial charge in [-0.1, -0.05) is 155 Å². The summed E-state index contributed by atoms with van der Waals surface area (Å²) in [5.74, 6) is 5.74. The molecule has 540 valence electrons. The Bertz CT molecular complexity index is 2430. The zero-order valence-corrected chi connectivity index (χ0v) is 63.7. The molecule has 12 aliphatic carbocycles. The topological polar surface area (TPSA) is 124 Å². The van der Waals surface area contributed by atoms with Gasteiger partial charge in [-0.2, -0.15) is 0 Å². The van der Waals surface area contributed by atoms with Crippen molar-refractivity contribution in [2.45, 2.75) is 368 Å². The van der Waals surface area contributed by atoms with Crippen molar-refractivity contribution in [2.75, 3.05) is 37.9 Å². The molecule has 14 heteroatoms. The molecule has 0 radical (unpaired) electrons. The van der Waals surface area contributed by atoms with E-state index in [-0.39, 0.29) is 100 Å². The van der Waals surface area contributed by atoms with Gasteiger partial charge in [0.2, 0.25) is 29.5 Å². The molecule has 4 aliphatic heterocycles. The third kappa shape index (κ3) is 14.3. The van der Waals surface area contributed by atoms with Crippen molar-refractivity contribution in [3.8, 4) is 0 Å². The standard InChI is InChI=1S/C81H136O10P4/c1-81(2,61-45-57(51-92(82)75-41-21-13-33-67(75)63-29-9-17-37-71(63)88-92)79(86-49-55-25-5-3-6-26-55)58(46-61)52-93(83)76-42-22-14-34-68(76)64-30-10-18-38-72(64)89-93)62-47-59(53-94(84)77-43-23-15-35-69(77)65-31-11-19-39-73(65)90-94)80(87-50-56-27-7-4-8-28-56)60(48-62)54-95(85)78-44-24-16-36-70(78)66-32-12-20-40-74(66)91-95/h55-80H,3-54H2,1-2H3. The number of fused-ring (bicyclic) bond motifs is 12. The highest BCUT2D eigenvalue weighted by Gasteiger charge is 2.63. The Morgan fingerprint density at radius 3 is 0.768 bits per heavy atom. The van der Waals surface area contributed by atoms with Gasteiger partial charge in [-0.3, -0.25) is 18.3 Å². The van der Waals surface area contributed by atoms with E-state index in [2.05, 4.69) is 13.8 Å². The molecule has 95 heavy (non-hydrogen) atoms. The minimum absolute atomic E-state index is 0.0224. The minimum atomic E-state index is -3.17. The lowest BCUT2D eigenvalue weighted by atomic mass is 9.55. The van der Waals surface area contributed by atoms with Crippen molar-refractivity contribution >= 4 is 29.5 Å². The summed E-state index contributed by atoms with van der Waals surface area (Å²) in [5, 5.41) is 0. The van der Waals surface area contributed by atoms with E-state index in [1.165, 1.54) is 193 Å². The van der Waals surface area contributed by atoms with Crippen LogP contribution in [0.1, 0.15) is 309 Å². The summed E-state index contributed by atoms with van der Waals surface area (Å²) >= 11 is 0. The summed E-state index contributed by atoms with van der Waals surface area (Å²) in [6.07, 6.45) is 56.3. The molecule has 0 amide bonds. The molecule has 24 unspecified atom stereocenters. The monoisotopic (exact) mass is 1390 g/mol. The van der Waals surface area contributed by atoms with E-state index in [9.17, 15) is 0 Å². The third-order valence-electron chi connectivity index (χ3n) is 32.4. The van der Waals surface area contributed by atoms with E-state index in [4.69, 9.17) is 27.6 Å². The van der Waals surface area contributed by atoms with Gasteiger partial charge in [0, 0.05) is 60.5 Å². The van der Waals surface area contributed by atoms with Crippen molar-refractivity contribution in [2.24, 2.45) is 100 Å². The lowest BCUT2D eigenvalue weighted by Crippen LogP contribution is -2.53. The van der Waals surface area contributed by atoms with Gasteiger partial charge in [0.1, 0.15) is 0 Å². The SMILES string of the molecule is CC(C)(C1CC(CP2(=O)OC3CCCCC3C3CCCCC32)C(OCC2CCCCC2)C(CP2(=O)OC3CCCCC3C3CCCCC32)C1)C1CC(CP2(=O)OC3CCCCC3C3CCCCC32)C(OCC2CCCCC2)C(CP2(=O)OC3CCCCC3C3CCCCC32)C1. The largest absolute Gasteiger partial charge is 0.377 e. The van der Waals surface area contributed by atoms with Crippen molar-refractivity contribution in [3.63, 3.8) is 0 Å². The minimum Gasteiger partial charge on any atom is -0.377 e. The molecule has 4 saturated heterocycles. The first-order valence-electron chi connectivity index (χ1n) is 42.5. The second-order valence-electron chi connectivity index (χ2n) is 37.9. The number of ether oxygens (including phenoxy) is 2. The predicted molar refractivity (Wildman–Crippen MR) is 386 cm³/mol. The zero-order valence-electron chi connectivity index (χ0n) is 60.2. The highest BCUT2D eigenvalue weighted by molar-refractivity contribution is 7.61. The average molecular weight is 1390 g/mol. The Morgan fingerprint density at radius 2 is 0.505 bits per heavy atom. The Hall–Kier alpha value is 0.680. The van der Waals surface area contributed by atoms with Crippen LogP contribution in [-0.2, 0) is 45.8 Å². The summed E-state index contributed by atoms with van der Waals surface area (Å²) < 4.78 is 114. The van der Waals surface area contributed by atoms with Crippen LogP contribution in [-0.4, -0.2) is 97.1 Å². The average Bonchev–Trinajstić information content (AvgIpc) is 0.753. The van der Waals surface area contributed by atoms with Gasteiger partial charge in [0.15, 0.2) is 0 Å². The van der Waals surface area contributed by atoms with Gasteiger partial charge in [-0.05, 0) is 254 Å². The highest BCUT2D eigenvalue weighted by Crippen LogP contribution is 2.74. The lowest BCUT2D eigenvalue weighted by molar-refractivity contribution is -0.110. The Labute approximate surface area is 578 Å². The van der Waals surface area contributed by atoms with Crippen molar-refractivity contribution in [3.05, 3.63) is 0 Å². The Kier molecular flexibility index (Phi) is 22.0. The Balaban J connectivity index is 0.790. The van der Waals surface area contributed by atoms with Crippen molar-refractivity contribution < 1.29 is 45.8 Å². The fourth-order valence-electron chi connectivity index (χ4n) is 27.7. The summed E-state index contributed by atoms with van der Waals surface area (Å²) in [5.41, 5.74) is 0.304. The molecular weight excluding hydrogens is 1260 g/mol. The summed E-state index contributed by atoms with van der Waals surface area (Å²) in [7, 11) is -12.7.